The molecule has 0 aliphatic carbocycles. The number of carbonyl (C=O) groups is 1. The van der Waals surface area contributed by atoms with Gasteiger partial charge >= 0.3 is 0 Å². The molecule has 0 amide bonds. The summed E-state index contributed by atoms with van der Waals surface area (Å²) in [5, 5.41) is 10.6. The lowest BCUT2D eigenvalue weighted by atomic mass is 10.0. The lowest BCUT2D eigenvalue weighted by Crippen LogP contribution is -3.27. The van der Waals surface area contributed by atoms with E-state index in [4.69, 9.17) is 14.2 Å². The van der Waals surface area contributed by atoms with Crippen molar-refractivity contribution in [3.05, 3.63) is 52.8 Å². The summed E-state index contributed by atoms with van der Waals surface area (Å²) in [6, 6.07) is 8.61. The van der Waals surface area contributed by atoms with Gasteiger partial charge < -0.3 is 29.1 Å². The Labute approximate surface area is 182 Å². The quantitative estimate of drug-likeness (QED) is 0.581. The van der Waals surface area contributed by atoms with Crippen molar-refractivity contribution >= 4 is 11.9 Å². The van der Waals surface area contributed by atoms with E-state index in [1.54, 1.807) is 55.5 Å². The molecule has 1 saturated heterocycles. The lowest BCUT2D eigenvalue weighted by molar-refractivity contribution is -1.02. The predicted molar refractivity (Wildman–Crippen MR) is 116 cm³/mol. The Balaban J connectivity index is 1.62. The Morgan fingerprint density at radius 2 is 1.81 bits per heavy atom. The molecule has 1 fully saturated rings. The molecule has 4 rings (SSSR count). The zero-order valence-corrected chi connectivity index (χ0v) is 18.3. The fourth-order valence-corrected chi connectivity index (χ4v) is 4.30. The van der Waals surface area contributed by atoms with E-state index < -0.39 is 0 Å². The number of hydrogen-bond acceptors (Lipinski definition) is 5. The molecule has 2 heterocycles. The number of methoxy groups -OCH3 is 2. The van der Waals surface area contributed by atoms with Crippen LogP contribution >= 0.6 is 0 Å². The summed E-state index contributed by atoms with van der Waals surface area (Å²) in [4.78, 5) is 16.0. The Hall–Kier alpha value is -3.03. The van der Waals surface area contributed by atoms with Crippen molar-refractivity contribution < 1.29 is 33.9 Å². The van der Waals surface area contributed by atoms with E-state index in [9.17, 15) is 9.90 Å². The highest BCUT2D eigenvalue weighted by Crippen LogP contribution is 2.39. The van der Waals surface area contributed by atoms with Crippen LogP contribution in [0.4, 0.5) is 0 Å². The van der Waals surface area contributed by atoms with Gasteiger partial charge in [-0.25, -0.2) is 0 Å². The third-order valence-corrected chi connectivity index (χ3v) is 6.23. The van der Waals surface area contributed by atoms with Gasteiger partial charge in [-0.3, -0.25) is 4.79 Å². The molecule has 164 valence electrons. The molecule has 2 aromatic rings. The van der Waals surface area contributed by atoms with Crippen LogP contribution < -0.4 is 24.0 Å². The number of ether oxygens (including phenoxy) is 3. The minimum absolute atomic E-state index is 0.171. The summed E-state index contributed by atoms with van der Waals surface area (Å²) in [6.45, 7) is 8.27. The van der Waals surface area contributed by atoms with Gasteiger partial charge in [0.1, 0.15) is 50.0 Å². The second-order valence-corrected chi connectivity index (χ2v) is 8.02. The van der Waals surface area contributed by atoms with Crippen LogP contribution in [0.15, 0.2) is 36.1 Å². The van der Waals surface area contributed by atoms with Gasteiger partial charge in [0.25, 0.3) is 0 Å². The topological polar surface area (TPSA) is 73.9 Å². The molecule has 2 aliphatic rings. The number of benzene rings is 2. The maximum Gasteiger partial charge on any atom is 0.231 e. The van der Waals surface area contributed by atoms with Gasteiger partial charge in [0, 0.05) is 5.56 Å². The van der Waals surface area contributed by atoms with Crippen LogP contribution in [0.5, 0.6) is 23.0 Å². The number of hydrogen-bond donors (Lipinski definition) is 3. The first kappa shape index (κ1) is 21.2. The van der Waals surface area contributed by atoms with Gasteiger partial charge in [-0.05, 0) is 43.3 Å². The Morgan fingerprint density at radius 1 is 1.06 bits per heavy atom. The van der Waals surface area contributed by atoms with Crippen LogP contribution in [0, 0.1) is 0 Å². The molecule has 31 heavy (non-hydrogen) atoms. The number of nitrogens with one attached hydrogen (secondary N) is 2. The molecule has 3 N–H and O–H groups in total. The van der Waals surface area contributed by atoms with Gasteiger partial charge in [-0.2, -0.15) is 0 Å². The van der Waals surface area contributed by atoms with Gasteiger partial charge in [0.2, 0.25) is 5.78 Å². The van der Waals surface area contributed by atoms with E-state index in [1.807, 2.05) is 0 Å². The second kappa shape index (κ2) is 8.99. The number of Topliss-reactive ketones (excluding diaryl/α,β-unsaturated/α-hetero) is 1. The maximum atomic E-state index is 13.0. The van der Waals surface area contributed by atoms with Crippen LogP contribution in [0.2, 0.25) is 0 Å². The SMILES string of the molecule is CC[NH+]1CC[NH+](Cc2c(O)ccc3c2O/C(=C\c2cc(OC)ccc2OC)C3=O)CC1. The zero-order chi connectivity index (χ0) is 22.0. The van der Waals surface area contributed by atoms with Crippen molar-refractivity contribution in [2.24, 2.45) is 0 Å². The van der Waals surface area contributed by atoms with Crippen LogP contribution in [0.25, 0.3) is 6.08 Å². The second-order valence-electron chi connectivity index (χ2n) is 8.02. The Morgan fingerprint density at radius 3 is 2.48 bits per heavy atom. The summed E-state index contributed by atoms with van der Waals surface area (Å²) in [7, 11) is 3.17. The Kier molecular flexibility index (Phi) is 6.15. The van der Waals surface area contributed by atoms with E-state index in [0.717, 1.165) is 32.7 Å². The molecule has 2 aromatic carbocycles. The molecular formula is C24H30N2O5+2. The number of phenols is 1. The molecule has 0 unspecified atom stereocenters. The third-order valence-electron chi connectivity index (χ3n) is 6.23. The highest BCUT2D eigenvalue weighted by molar-refractivity contribution is 6.15. The summed E-state index contributed by atoms with van der Waals surface area (Å²) in [6.07, 6.45) is 1.67. The highest BCUT2D eigenvalue weighted by Gasteiger charge is 2.33. The molecule has 0 saturated carbocycles. The third kappa shape index (κ3) is 4.24. The molecule has 0 radical (unpaired) electrons. The van der Waals surface area contributed by atoms with Gasteiger partial charge in [0.15, 0.2) is 11.5 Å². The smallest absolute Gasteiger partial charge is 0.231 e. The highest BCUT2D eigenvalue weighted by atomic mass is 16.5. The summed E-state index contributed by atoms with van der Waals surface area (Å²) >= 11 is 0. The lowest BCUT2D eigenvalue weighted by Gasteiger charge is -2.29. The van der Waals surface area contributed by atoms with E-state index in [2.05, 4.69) is 6.92 Å². The number of rotatable bonds is 6. The summed E-state index contributed by atoms with van der Waals surface area (Å²) in [5.74, 6) is 1.93. The van der Waals surface area contributed by atoms with Gasteiger partial charge in [-0.15, -0.1) is 0 Å². The average Bonchev–Trinajstić information content (AvgIpc) is 3.11. The van der Waals surface area contributed by atoms with Crippen molar-refractivity contribution in [1.82, 2.24) is 0 Å². The molecule has 2 aliphatic heterocycles. The fraction of sp³-hybridized carbons (Fsp3) is 0.375. The maximum absolute atomic E-state index is 13.0. The number of quaternary nitrogens is 2. The average molecular weight is 427 g/mol. The molecule has 0 atom stereocenters. The van der Waals surface area contributed by atoms with Crippen LogP contribution in [-0.2, 0) is 6.54 Å². The van der Waals surface area contributed by atoms with E-state index in [0.29, 0.717) is 40.5 Å². The number of aromatic hydroxyl groups is 1. The van der Waals surface area contributed by atoms with Gasteiger partial charge in [-0.1, -0.05) is 0 Å². The summed E-state index contributed by atoms with van der Waals surface area (Å²) in [5.41, 5.74) is 1.87. The number of fused-ring (bicyclic) bond motifs is 1. The van der Waals surface area contributed by atoms with Crippen LogP contribution in [0.3, 0.4) is 0 Å². The van der Waals surface area contributed by atoms with Crippen molar-refractivity contribution in [2.45, 2.75) is 13.5 Å². The molecule has 0 spiro atoms. The van der Waals surface area contributed by atoms with Crippen molar-refractivity contribution in [3.8, 4) is 23.0 Å². The standard InChI is InChI=1S/C24H28N2O5/c1-4-25-9-11-26(12-10-25)15-19-20(27)7-6-18-23(28)22(31-24(18)19)14-16-13-17(29-2)5-8-21(16)30-3/h5-8,13-14,27H,4,9-12,15H2,1-3H3/p+2/b22-14-. The minimum atomic E-state index is -0.198. The normalized spacial score (nSPS) is 21.6. The minimum Gasteiger partial charge on any atom is -0.507 e. The molecule has 0 aromatic heterocycles. The predicted octanol–water partition coefficient (Wildman–Crippen LogP) is 0.329. The van der Waals surface area contributed by atoms with E-state index in [1.165, 1.54) is 4.90 Å². The van der Waals surface area contributed by atoms with E-state index in [-0.39, 0.29) is 17.3 Å². The first-order valence-corrected chi connectivity index (χ1v) is 10.7. The van der Waals surface area contributed by atoms with Crippen LogP contribution in [0.1, 0.15) is 28.4 Å². The molecule has 0 bridgehead atoms. The first-order valence-electron chi connectivity index (χ1n) is 10.7. The van der Waals surface area contributed by atoms with E-state index >= 15 is 0 Å². The summed E-state index contributed by atoms with van der Waals surface area (Å²) < 4.78 is 16.7. The van der Waals surface area contributed by atoms with Crippen molar-refractivity contribution in [2.75, 3.05) is 46.9 Å². The molecular weight excluding hydrogens is 396 g/mol. The number of piperazine rings is 1. The monoisotopic (exact) mass is 426 g/mol. The number of phenolic OH excluding ortho intramolecular Hbond substituents is 1. The number of ketones is 1. The molecule has 7 heteroatoms. The van der Waals surface area contributed by atoms with Crippen LogP contribution in [-0.4, -0.2) is 57.8 Å². The first-order chi connectivity index (χ1) is 15.0. The molecule has 7 nitrogen and oxygen atoms in total. The fourth-order valence-electron chi connectivity index (χ4n) is 4.30. The number of likely N-dealkylation sites (N-methyl/N-ethyl adjacent to an activating group) is 1. The van der Waals surface area contributed by atoms with Gasteiger partial charge in [0.05, 0.1) is 31.9 Å². The largest absolute Gasteiger partial charge is 0.507 e. The van der Waals surface area contributed by atoms with Crippen molar-refractivity contribution in [3.63, 3.8) is 0 Å². The van der Waals surface area contributed by atoms with Crippen molar-refractivity contribution in [1.29, 1.82) is 0 Å². The zero-order valence-electron chi connectivity index (χ0n) is 18.3. The Bertz CT molecular complexity index is 1010. The number of carbonyl (C=O) groups excluding carboxylic acids is 1. The number of allylic oxidation sites excluding steroid dienone is 1.